The van der Waals surface area contributed by atoms with Gasteiger partial charge < -0.3 is 15.2 Å². The van der Waals surface area contributed by atoms with Crippen LogP contribution in [-0.4, -0.2) is 42.2 Å². The van der Waals surface area contributed by atoms with Gasteiger partial charge in [0.05, 0.1) is 18.1 Å². The van der Waals surface area contributed by atoms with Gasteiger partial charge in [-0.15, -0.1) is 0 Å². The fourth-order valence-corrected chi connectivity index (χ4v) is 2.02. The van der Waals surface area contributed by atoms with Gasteiger partial charge in [-0.05, 0) is 11.6 Å². The molecule has 8 nitrogen and oxygen atoms in total. The predicted octanol–water partition coefficient (Wildman–Crippen LogP) is 0.885. The second-order valence-electron chi connectivity index (χ2n) is 4.37. The van der Waals surface area contributed by atoms with Crippen LogP contribution in [0.5, 0.6) is 5.75 Å². The van der Waals surface area contributed by atoms with Crippen LogP contribution in [0.25, 0.3) is 0 Å². The van der Waals surface area contributed by atoms with E-state index in [0.717, 1.165) is 18.7 Å². The molecule has 0 aromatic heterocycles. The molecule has 0 saturated carbocycles. The van der Waals surface area contributed by atoms with Gasteiger partial charge in [0, 0.05) is 25.7 Å². The Bertz CT molecular complexity index is 514. The molecule has 1 aromatic carbocycles. The van der Waals surface area contributed by atoms with E-state index in [2.05, 4.69) is 9.64 Å². The molecule has 1 aliphatic heterocycles. The molecule has 0 radical (unpaired) electrons. The molecule has 1 aromatic rings. The Hall–Kier alpha value is -2.19. The molecule has 0 atom stereocenters. The van der Waals surface area contributed by atoms with Crippen LogP contribution in [0.4, 0.5) is 10.5 Å². The quantitative estimate of drug-likeness (QED) is 0.648. The average Bonchev–Trinajstić information content (AvgIpc) is 2.41. The number of carbonyl (C=O) groups is 1. The summed E-state index contributed by atoms with van der Waals surface area (Å²) in [6, 6.07) is 4.47. The number of nitro groups is 1. The number of ether oxygens (including phenoxy) is 2. The highest BCUT2D eigenvalue weighted by atomic mass is 16.6. The van der Waals surface area contributed by atoms with Gasteiger partial charge in [0.15, 0.2) is 0 Å². The lowest BCUT2D eigenvalue weighted by Crippen LogP contribution is -2.35. The van der Waals surface area contributed by atoms with Gasteiger partial charge >= 0.3 is 11.8 Å². The molecule has 1 amide bonds. The summed E-state index contributed by atoms with van der Waals surface area (Å²) in [5, 5.41) is 11.0. The lowest BCUT2D eigenvalue weighted by atomic mass is 10.1. The van der Waals surface area contributed by atoms with E-state index in [-0.39, 0.29) is 11.4 Å². The highest BCUT2D eigenvalue weighted by Crippen LogP contribution is 2.28. The van der Waals surface area contributed by atoms with Crippen LogP contribution in [0.15, 0.2) is 18.2 Å². The summed E-state index contributed by atoms with van der Waals surface area (Å²) in [5.41, 5.74) is 5.38. The topological polar surface area (TPSA) is 108 Å². The van der Waals surface area contributed by atoms with Crippen LogP contribution in [0, 0.1) is 10.1 Å². The molecule has 1 saturated heterocycles. The molecule has 8 heteroatoms. The van der Waals surface area contributed by atoms with Crippen molar-refractivity contribution >= 4 is 11.8 Å². The van der Waals surface area contributed by atoms with E-state index in [9.17, 15) is 14.9 Å². The summed E-state index contributed by atoms with van der Waals surface area (Å²) >= 11 is 0. The van der Waals surface area contributed by atoms with Crippen LogP contribution in [0.3, 0.4) is 0 Å². The Kier molecular flexibility index (Phi) is 4.49. The zero-order valence-corrected chi connectivity index (χ0v) is 10.8. The van der Waals surface area contributed by atoms with Gasteiger partial charge in [0.1, 0.15) is 0 Å². The molecule has 2 N–H and O–H groups in total. The van der Waals surface area contributed by atoms with Crippen molar-refractivity contribution in [3.8, 4) is 5.75 Å². The minimum atomic E-state index is -1.07. The summed E-state index contributed by atoms with van der Waals surface area (Å²) in [6.07, 6.45) is -1.07. The molecule has 0 aliphatic carbocycles. The lowest BCUT2D eigenvalue weighted by Gasteiger charge is -2.26. The van der Waals surface area contributed by atoms with Crippen LogP contribution in [-0.2, 0) is 11.3 Å². The van der Waals surface area contributed by atoms with E-state index in [1.807, 2.05) is 0 Å². The Labute approximate surface area is 115 Å². The Morgan fingerprint density at radius 2 is 2.15 bits per heavy atom. The predicted molar refractivity (Wildman–Crippen MR) is 69.4 cm³/mol. The van der Waals surface area contributed by atoms with Crippen molar-refractivity contribution in [2.24, 2.45) is 5.73 Å². The van der Waals surface area contributed by atoms with Crippen LogP contribution in [0.2, 0.25) is 0 Å². The van der Waals surface area contributed by atoms with Crippen LogP contribution < -0.4 is 10.5 Å². The molecule has 1 fully saturated rings. The zero-order valence-electron chi connectivity index (χ0n) is 10.8. The van der Waals surface area contributed by atoms with Crippen molar-refractivity contribution in [2.45, 2.75) is 6.54 Å². The van der Waals surface area contributed by atoms with E-state index in [1.165, 1.54) is 12.1 Å². The number of morpholine rings is 1. The first-order valence-corrected chi connectivity index (χ1v) is 6.11. The SMILES string of the molecule is NC(=O)Oc1ccc(CN2CCOCC2)cc1[N+](=O)[O-]. The van der Waals surface area contributed by atoms with E-state index in [0.29, 0.717) is 19.8 Å². The molecule has 20 heavy (non-hydrogen) atoms. The molecule has 1 aliphatic rings. The van der Waals surface area contributed by atoms with Gasteiger partial charge in [0.2, 0.25) is 5.75 Å². The van der Waals surface area contributed by atoms with Crippen molar-refractivity contribution in [3.63, 3.8) is 0 Å². The van der Waals surface area contributed by atoms with Crippen LogP contribution in [0.1, 0.15) is 5.56 Å². The van der Waals surface area contributed by atoms with Crippen molar-refractivity contribution in [3.05, 3.63) is 33.9 Å². The first kappa shape index (κ1) is 14.2. The molecule has 0 spiro atoms. The molecule has 2 rings (SSSR count). The minimum absolute atomic E-state index is 0.145. The van der Waals surface area contributed by atoms with Gasteiger partial charge in [-0.1, -0.05) is 6.07 Å². The van der Waals surface area contributed by atoms with Crippen molar-refractivity contribution in [1.82, 2.24) is 4.90 Å². The monoisotopic (exact) mass is 281 g/mol. The van der Waals surface area contributed by atoms with Crippen molar-refractivity contribution in [1.29, 1.82) is 0 Å². The van der Waals surface area contributed by atoms with Crippen molar-refractivity contribution in [2.75, 3.05) is 26.3 Å². The van der Waals surface area contributed by atoms with Gasteiger partial charge in [-0.2, -0.15) is 0 Å². The van der Waals surface area contributed by atoms with Gasteiger partial charge in [0.25, 0.3) is 0 Å². The average molecular weight is 281 g/mol. The second kappa shape index (κ2) is 6.31. The summed E-state index contributed by atoms with van der Waals surface area (Å²) in [7, 11) is 0. The number of primary amides is 1. The largest absolute Gasteiger partial charge is 0.410 e. The highest BCUT2D eigenvalue weighted by molar-refractivity contribution is 5.70. The van der Waals surface area contributed by atoms with E-state index < -0.39 is 11.0 Å². The maximum Gasteiger partial charge on any atom is 0.410 e. The van der Waals surface area contributed by atoms with Gasteiger partial charge in [-0.3, -0.25) is 15.0 Å². The summed E-state index contributed by atoms with van der Waals surface area (Å²) in [6.45, 7) is 3.47. The van der Waals surface area contributed by atoms with E-state index in [4.69, 9.17) is 10.5 Å². The number of nitrogens with two attached hydrogens (primary N) is 1. The number of benzene rings is 1. The Morgan fingerprint density at radius 1 is 1.45 bits per heavy atom. The lowest BCUT2D eigenvalue weighted by molar-refractivity contribution is -0.385. The maximum absolute atomic E-state index is 11.0. The van der Waals surface area contributed by atoms with Gasteiger partial charge in [-0.25, -0.2) is 4.79 Å². The highest BCUT2D eigenvalue weighted by Gasteiger charge is 2.19. The molecular weight excluding hydrogens is 266 g/mol. The molecule has 108 valence electrons. The maximum atomic E-state index is 11.0. The smallest absolute Gasteiger partial charge is 0.403 e. The zero-order chi connectivity index (χ0) is 14.5. The molecule has 1 heterocycles. The van der Waals surface area contributed by atoms with Crippen molar-refractivity contribution < 1.29 is 19.2 Å². The normalized spacial score (nSPS) is 15.8. The number of nitrogens with zero attached hydrogens (tertiary/aromatic N) is 2. The molecule has 0 bridgehead atoms. The number of rotatable bonds is 4. The first-order valence-electron chi connectivity index (χ1n) is 6.11. The van der Waals surface area contributed by atoms with Crippen LogP contribution >= 0.6 is 0 Å². The number of carbonyl (C=O) groups excluding carboxylic acids is 1. The summed E-state index contributed by atoms with van der Waals surface area (Å²) < 4.78 is 9.86. The molecular formula is C12H15N3O5. The number of hydrogen-bond donors (Lipinski definition) is 1. The summed E-state index contributed by atoms with van der Waals surface area (Å²) in [4.78, 5) is 23.2. The molecule has 0 unspecified atom stereocenters. The fraction of sp³-hybridized carbons (Fsp3) is 0.417. The minimum Gasteiger partial charge on any atom is -0.403 e. The number of hydrogen-bond acceptors (Lipinski definition) is 6. The summed E-state index contributed by atoms with van der Waals surface area (Å²) in [5.74, 6) is -0.145. The fourth-order valence-electron chi connectivity index (χ4n) is 2.02. The third kappa shape index (κ3) is 3.65. The first-order chi connectivity index (χ1) is 9.56. The van der Waals surface area contributed by atoms with E-state index >= 15 is 0 Å². The second-order valence-corrected chi connectivity index (χ2v) is 4.37. The van der Waals surface area contributed by atoms with E-state index in [1.54, 1.807) is 6.07 Å². The Balaban J connectivity index is 2.16. The Morgan fingerprint density at radius 3 is 2.75 bits per heavy atom. The third-order valence-electron chi connectivity index (χ3n) is 2.94. The number of amides is 1. The third-order valence-corrected chi connectivity index (χ3v) is 2.94. The standard InChI is InChI=1S/C12H15N3O5/c13-12(16)20-11-2-1-9(7-10(11)15(17)18)8-14-3-5-19-6-4-14/h1-2,7H,3-6,8H2,(H2,13,16). The number of nitro benzene ring substituents is 1.